The molecule has 0 radical (unpaired) electrons. The van der Waals surface area contributed by atoms with Crippen LogP contribution in [-0.2, 0) is 19.1 Å². The zero-order valence-electron chi connectivity index (χ0n) is 13.6. The Labute approximate surface area is 136 Å². The van der Waals surface area contributed by atoms with E-state index in [0.717, 1.165) is 12.8 Å². The van der Waals surface area contributed by atoms with E-state index in [4.69, 9.17) is 4.74 Å². The van der Waals surface area contributed by atoms with Crippen LogP contribution < -0.4 is 5.32 Å². The first-order valence-corrected chi connectivity index (χ1v) is 8.33. The standard InChI is InChI=1S/C16H26N2O5/c1-23-12-8-13(16(21)22)18(10-12)15(20)9-17-14(19)7-11-5-3-2-4-6-11/h11-13H,2-10H2,1H3,(H,17,19)(H,21,22). The van der Waals surface area contributed by atoms with Gasteiger partial charge in [0.25, 0.3) is 0 Å². The summed E-state index contributed by atoms with van der Waals surface area (Å²) in [6, 6.07) is -0.873. The number of hydrogen-bond acceptors (Lipinski definition) is 4. The topological polar surface area (TPSA) is 95.9 Å². The van der Waals surface area contributed by atoms with Gasteiger partial charge >= 0.3 is 5.97 Å². The van der Waals surface area contributed by atoms with Crippen molar-refractivity contribution in [2.75, 3.05) is 20.2 Å². The van der Waals surface area contributed by atoms with Gasteiger partial charge in [-0.25, -0.2) is 4.79 Å². The van der Waals surface area contributed by atoms with E-state index in [1.165, 1.54) is 31.3 Å². The molecule has 2 amide bonds. The summed E-state index contributed by atoms with van der Waals surface area (Å²) in [6.07, 6.45) is 6.20. The predicted octanol–water partition coefficient (Wildman–Crippen LogP) is 0.773. The molecule has 0 aromatic carbocycles. The maximum absolute atomic E-state index is 12.2. The second kappa shape index (κ2) is 8.29. The van der Waals surface area contributed by atoms with Crippen molar-refractivity contribution in [3.05, 3.63) is 0 Å². The van der Waals surface area contributed by atoms with Crippen LogP contribution >= 0.6 is 0 Å². The number of carboxylic acids is 1. The predicted molar refractivity (Wildman–Crippen MR) is 82.8 cm³/mol. The molecule has 1 aliphatic carbocycles. The van der Waals surface area contributed by atoms with Crippen molar-refractivity contribution >= 4 is 17.8 Å². The molecule has 0 spiro atoms. The molecule has 1 aliphatic heterocycles. The normalized spacial score (nSPS) is 25.3. The molecule has 1 saturated carbocycles. The Morgan fingerprint density at radius 3 is 2.52 bits per heavy atom. The number of aliphatic carboxylic acids is 1. The average molecular weight is 326 g/mol. The van der Waals surface area contributed by atoms with Crippen molar-refractivity contribution in [1.82, 2.24) is 10.2 Å². The zero-order chi connectivity index (χ0) is 16.8. The first-order chi connectivity index (χ1) is 11.0. The van der Waals surface area contributed by atoms with Gasteiger partial charge in [0.05, 0.1) is 12.6 Å². The minimum Gasteiger partial charge on any atom is -0.480 e. The Kier molecular flexibility index (Phi) is 6.38. The number of rotatable bonds is 6. The van der Waals surface area contributed by atoms with Crippen LogP contribution in [0.5, 0.6) is 0 Å². The third-order valence-electron chi connectivity index (χ3n) is 4.84. The third-order valence-corrected chi connectivity index (χ3v) is 4.84. The number of ether oxygens (including phenoxy) is 1. The van der Waals surface area contributed by atoms with Crippen LogP contribution in [0.25, 0.3) is 0 Å². The van der Waals surface area contributed by atoms with Crippen LogP contribution in [0.1, 0.15) is 44.9 Å². The number of likely N-dealkylation sites (tertiary alicyclic amines) is 1. The molecule has 130 valence electrons. The summed E-state index contributed by atoms with van der Waals surface area (Å²) in [5, 5.41) is 11.8. The molecule has 0 aromatic heterocycles. The van der Waals surface area contributed by atoms with E-state index in [0.29, 0.717) is 12.3 Å². The number of carboxylic acid groups (broad SMARTS) is 1. The lowest BCUT2D eigenvalue weighted by molar-refractivity contribution is -0.148. The van der Waals surface area contributed by atoms with Crippen molar-refractivity contribution < 1.29 is 24.2 Å². The Morgan fingerprint density at radius 2 is 1.91 bits per heavy atom. The van der Waals surface area contributed by atoms with Gasteiger partial charge in [0.15, 0.2) is 0 Å². The summed E-state index contributed by atoms with van der Waals surface area (Å²) >= 11 is 0. The fourth-order valence-corrected chi connectivity index (χ4v) is 3.48. The Bertz CT molecular complexity index is 448. The molecule has 2 atom stereocenters. The molecular formula is C16H26N2O5. The van der Waals surface area contributed by atoms with Gasteiger partial charge in [0.1, 0.15) is 6.04 Å². The molecule has 7 nitrogen and oxygen atoms in total. The van der Waals surface area contributed by atoms with Gasteiger partial charge in [-0.2, -0.15) is 0 Å². The Morgan fingerprint density at radius 1 is 1.22 bits per heavy atom. The van der Waals surface area contributed by atoms with Crippen LogP contribution in [0.3, 0.4) is 0 Å². The van der Waals surface area contributed by atoms with E-state index in [1.54, 1.807) is 0 Å². The summed E-state index contributed by atoms with van der Waals surface area (Å²) in [4.78, 5) is 36.7. The minimum absolute atomic E-state index is 0.125. The zero-order valence-corrected chi connectivity index (χ0v) is 13.6. The molecule has 2 fully saturated rings. The smallest absolute Gasteiger partial charge is 0.326 e. The second-order valence-electron chi connectivity index (χ2n) is 6.48. The molecule has 0 bridgehead atoms. The molecule has 1 heterocycles. The molecule has 1 saturated heterocycles. The Balaban J connectivity index is 1.78. The summed E-state index contributed by atoms with van der Waals surface area (Å²) < 4.78 is 5.15. The number of nitrogens with one attached hydrogen (secondary N) is 1. The highest BCUT2D eigenvalue weighted by Gasteiger charge is 2.39. The van der Waals surface area contributed by atoms with E-state index < -0.39 is 12.0 Å². The lowest BCUT2D eigenvalue weighted by Crippen LogP contribution is -2.45. The van der Waals surface area contributed by atoms with E-state index in [1.807, 2.05) is 0 Å². The first-order valence-electron chi connectivity index (χ1n) is 8.33. The van der Waals surface area contributed by atoms with Crippen LogP contribution in [-0.4, -0.2) is 60.1 Å². The van der Waals surface area contributed by atoms with Gasteiger partial charge in [0.2, 0.25) is 11.8 Å². The molecule has 2 N–H and O–H groups in total. The summed E-state index contributed by atoms with van der Waals surface area (Å²) in [7, 11) is 1.50. The maximum atomic E-state index is 12.2. The fraction of sp³-hybridized carbons (Fsp3) is 0.812. The van der Waals surface area contributed by atoms with Crippen molar-refractivity contribution in [2.24, 2.45) is 5.92 Å². The highest BCUT2D eigenvalue weighted by molar-refractivity contribution is 5.88. The number of carbonyl (C=O) groups excluding carboxylic acids is 2. The summed E-state index contributed by atoms with van der Waals surface area (Å²) in [5.74, 6) is -1.12. The van der Waals surface area contributed by atoms with Crippen LogP contribution in [0.4, 0.5) is 0 Å². The number of nitrogens with zero attached hydrogens (tertiary/aromatic N) is 1. The third kappa shape index (κ3) is 4.92. The van der Waals surface area contributed by atoms with Crippen molar-refractivity contribution in [3.63, 3.8) is 0 Å². The Hall–Kier alpha value is -1.63. The highest BCUT2D eigenvalue weighted by atomic mass is 16.5. The lowest BCUT2D eigenvalue weighted by atomic mass is 9.87. The second-order valence-corrected chi connectivity index (χ2v) is 6.48. The van der Waals surface area contributed by atoms with E-state index >= 15 is 0 Å². The highest BCUT2D eigenvalue weighted by Crippen LogP contribution is 2.26. The van der Waals surface area contributed by atoms with Gasteiger partial charge < -0.3 is 20.1 Å². The van der Waals surface area contributed by atoms with Crippen molar-refractivity contribution in [1.29, 1.82) is 0 Å². The van der Waals surface area contributed by atoms with Crippen LogP contribution in [0, 0.1) is 5.92 Å². The summed E-state index contributed by atoms with van der Waals surface area (Å²) in [5.41, 5.74) is 0. The maximum Gasteiger partial charge on any atom is 0.326 e. The average Bonchev–Trinajstić information content (AvgIpc) is 2.98. The van der Waals surface area contributed by atoms with Gasteiger partial charge in [-0.3, -0.25) is 9.59 Å². The molecule has 23 heavy (non-hydrogen) atoms. The quantitative estimate of drug-likeness (QED) is 0.752. The molecule has 7 heteroatoms. The van der Waals surface area contributed by atoms with Crippen LogP contribution in [0.2, 0.25) is 0 Å². The minimum atomic E-state index is -1.04. The largest absolute Gasteiger partial charge is 0.480 e. The number of carbonyl (C=O) groups is 3. The van der Waals surface area contributed by atoms with Gasteiger partial charge in [-0.05, 0) is 18.8 Å². The lowest BCUT2D eigenvalue weighted by Gasteiger charge is -2.23. The van der Waals surface area contributed by atoms with Gasteiger partial charge in [-0.1, -0.05) is 19.3 Å². The fourth-order valence-electron chi connectivity index (χ4n) is 3.48. The summed E-state index contributed by atoms with van der Waals surface area (Å²) in [6.45, 7) is 0.108. The number of hydrogen-bond donors (Lipinski definition) is 2. The van der Waals surface area contributed by atoms with Crippen LogP contribution in [0.15, 0.2) is 0 Å². The van der Waals surface area contributed by atoms with Gasteiger partial charge in [-0.15, -0.1) is 0 Å². The molecular weight excluding hydrogens is 300 g/mol. The monoisotopic (exact) mass is 326 g/mol. The van der Waals surface area contributed by atoms with E-state index in [-0.39, 0.29) is 37.4 Å². The molecule has 2 unspecified atom stereocenters. The number of methoxy groups -OCH3 is 1. The molecule has 2 rings (SSSR count). The molecule has 2 aliphatic rings. The van der Waals surface area contributed by atoms with E-state index in [2.05, 4.69) is 5.32 Å². The SMILES string of the molecule is COC1CC(C(=O)O)N(C(=O)CNC(=O)CC2CCCCC2)C1. The number of amides is 2. The van der Waals surface area contributed by atoms with Crippen molar-refractivity contribution in [3.8, 4) is 0 Å². The van der Waals surface area contributed by atoms with Gasteiger partial charge in [0, 0.05) is 26.5 Å². The van der Waals surface area contributed by atoms with E-state index in [9.17, 15) is 19.5 Å². The molecule has 0 aromatic rings. The first kappa shape index (κ1) is 17.7. The van der Waals surface area contributed by atoms with Crippen molar-refractivity contribution in [2.45, 2.75) is 57.1 Å².